The molecule has 34 heavy (non-hydrogen) atoms. The number of nitriles is 1. The van der Waals surface area contributed by atoms with Crippen molar-refractivity contribution in [3.63, 3.8) is 0 Å². The average Bonchev–Trinajstić information content (AvgIpc) is 3.62. The van der Waals surface area contributed by atoms with E-state index in [1.807, 2.05) is 6.07 Å². The van der Waals surface area contributed by atoms with E-state index < -0.39 is 17.4 Å². The van der Waals surface area contributed by atoms with E-state index >= 15 is 0 Å². The second-order valence-electron chi connectivity index (χ2n) is 7.93. The third-order valence-corrected chi connectivity index (χ3v) is 5.92. The number of fused-ring (bicyclic) bond motifs is 1. The summed E-state index contributed by atoms with van der Waals surface area (Å²) in [6.07, 6.45) is 4.11. The Morgan fingerprint density at radius 3 is 2.79 bits per heavy atom. The molecule has 0 aliphatic heterocycles. The number of nitrogens with one attached hydrogen (secondary N) is 2. The fourth-order valence-corrected chi connectivity index (χ4v) is 4.17. The summed E-state index contributed by atoms with van der Waals surface area (Å²) in [5.41, 5.74) is 11.9. The number of H-pyrrole nitrogens is 1. The molecule has 1 aliphatic rings. The Kier molecular flexibility index (Phi) is 5.22. The lowest BCUT2D eigenvalue weighted by Gasteiger charge is -2.21. The number of nitrogens with two attached hydrogens (primary N) is 2. The van der Waals surface area contributed by atoms with Gasteiger partial charge in [-0.2, -0.15) is 5.26 Å². The predicted molar refractivity (Wildman–Crippen MR) is 124 cm³/mol. The van der Waals surface area contributed by atoms with Gasteiger partial charge in [-0.3, -0.25) is 14.3 Å². The molecule has 6 N–H and O–H groups in total. The second kappa shape index (κ2) is 8.24. The van der Waals surface area contributed by atoms with E-state index in [9.17, 15) is 14.4 Å². The first kappa shape index (κ1) is 21.5. The first-order valence-corrected chi connectivity index (χ1v) is 10.7. The monoisotopic (exact) mass is 478 g/mol. The van der Waals surface area contributed by atoms with Crippen molar-refractivity contribution < 1.29 is 9.37 Å². The molecule has 1 fully saturated rings. The van der Waals surface area contributed by atoms with Gasteiger partial charge < -0.3 is 16.8 Å². The lowest BCUT2D eigenvalue weighted by atomic mass is 10.1. The second-order valence-corrected chi connectivity index (χ2v) is 8.34. The third kappa shape index (κ3) is 3.74. The number of hydrogen-bond donors (Lipinski definition) is 3. The summed E-state index contributed by atoms with van der Waals surface area (Å²) in [6.45, 7) is 0. The Labute approximate surface area is 197 Å². The number of pyridine rings is 1. The minimum Gasteiger partial charge on any atom is -0.372 e. The Hall–Kier alpha value is -4.30. The average molecular weight is 479 g/mol. The molecular formula is C22H18ClFN9O+. The van der Waals surface area contributed by atoms with Gasteiger partial charge in [0.1, 0.15) is 17.9 Å². The van der Waals surface area contributed by atoms with Crippen LogP contribution in [0.1, 0.15) is 30.3 Å². The van der Waals surface area contributed by atoms with Crippen molar-refractivity contribution in [2.45, 2.75) is 18.9 Å². The molecule has 1 aromatic carbocycles. The van der Waals surface area contributed by atoms with Crippen LogP contribution in [-0.4, -0.2) is 19.5 Å². The molecule has 12 heteroatoms. The van der Waals surface area contributed by atoms with Crippen LogP contribution < -0.4 is 27.3 Å². The number of anilines is 3. The highest BCUT2D eigenvalue weighted by Gasteiger charge is 2.39. The van der Waals surface area contributed by atoms with Crippen LogP contribution in [0.3, 0.4) is 0 Å². The molecule has 1 aliphatic carbocycles. The zero-order chi connectivity index (χ0) is 24.0. The molecule has 0 saturated heterocycles. The van der Waals surface area contributed by atoms with E-state index in [4.69, 9.17) is 28.1 Å². The van der Waals surface area contributed by atoms with Gasteiger partial charge in [0.15, 0.2) is 11.4 Å². The van der Waals surface area contributed by atoms with Crippen LogP contribution >= 0.6 is 11.6 Å². The lowest BCUT2D eigenvalue weighted by Crippen LogP contribution is -2.31. The van der Waals surface area contributed by atoms with Crippen molar-refractivity contribution in [2.24, 2.45) is 5.92 Å². The number of aromatic amines is 1. The zero-order valence-corrected chi connectivity index (χ0v) is 18.3. The minimum atomic E-state index is -0.611. The summed E-state index contributed by atoms with van der Waals surface area (Å²) >= 11 is 6.33. The fraction of sp³-hybridized carbons (Fsp3) is 0.182. The van der Waals surface area contributed by atoms with Gasteiger partial charge in [-0.15, -0.1) is 0 Å². The molecule has 4 aromatic rings. The maximum absolute atomic E-state index is 14.1. The highest BCUT2D eigenvalue weighted by molar-refractivity contribution is 6.35. The Morgan fingerprint density at radius 1 is 1.29 bits per heavy atom. The molecule has 0 radical (unpaired) electrons. The summed E-state index contributed by atoms with van der Waals surface area (Å²) in [6, 6.07) is 7.62. The first-order chi connectivity index (χ1) is 16.4. The van der Waals surface area contributed by atoms with Gasteiger partial charge in [0.2, 0.25) is 11.6 Å². The molecule has 1 unspecified atom stereocenters. The molecule has 3 heterocycles. The molecule has 5 rings (SSSR count). The zero-order valence-electron chi connectivity index (χ0n) is 17.6. The van der Waals surface area contributed by atoms with Crippen LogP contribution in [0.5, 0.6) is 0 Å². The highest BCUT2D eigenvalue weighted by atomic mass is 35.5. The summed E-state index contributed by atoms with van der Waals surface area (Å²) in [4.78, 5) is 29.0. The maximum atomic E-state index is 14.1. The van der Waals surface area contributed by atoms with E-state index in [0.717, 1.165) is 19.0 Å². The molecule has 10 nitrogen and oxygen atoms in total. The quantitative estimate of drug-likeness (QED) is 0.393. The molecule has 0 bridgehead atoms. The normalized spacial score (nSPS) is 14.0. The third-order valence-electron chi connectivity index (χ3n) is 5.60. The maximum Gasteiger partial charge on any atom is 0.344 e. The lowest BCUT2D eigenvalue weighted by molar-refractivity contribution is -0.347. The van der Waals surface area contributed by atoms with Crippen LogP contribution in [0.2, 0.25) is 5.02 Å². The number of rotatable bonds is 5. The van der Waals surface area contributed by atoms with Crippen LogP contribution in [0.25, 0.3) is 16.6 Å². The minimum absolute atomic E-state index is 0.0125. The van der Waals surface area contributed by atoms with E-state index in [1.165, 1.54) is 16.8 Å². The highest BCUT2D eigenvalue weighted by Crippen LogP contribution is 2.43. The van der Waals surface area contributed by atoms with E-state index in [0.29, 0.717) is 11.3 Å². The molecular weight excluding hydrogens is 461 g/mol. The predicted octanol–water partition coefficient (Wildman–Crippen LogP) is 2.38. The first-order valence-electron chi connectivity index (χ1n) is 10.3. The van der Waals surface area contributed by atoms with Crippen molar-refractivity contribution in [3.8, 4) is 11.8 Å². The van der Waals surface area contributed by atoms with Gasteiger partial charge in [0.25, 0.3) is 5.56 Å². The van der Waals surface area contributed by atoms with Gasteiger partial charge in [0.05, 0.1) is 34.0 Å². The van der Waals surface area contributed by atoms with Crippen molar-refractivity contribution in [1.82, 2.24) is 19.5 Å². The number of benzene rings is 1. The van der Waals surface area contributed by atoms with Crippen molar-refractivity contribution in [3.05, 3.63) is 69.2 Å². The largest absolute Gasteiger partial charge is 0.372 e. The van der Waals surface area contributed by atoms with Gasteiger partial charge >= 0.3 is 5.95 Å². The van der Waals surface area contributed by atoms with Crippen molar-refractivity contribution in [2.75, 3.05) is 16.8 Å². The van der Waals surface area contributed by atoms with Gasteiger partial charge in [-0.25, -0.2) is 14.4 Å². The molecule has 1 atom stereocenters. The van der Waals surface area contributed by atoms with Crippen LogP contribution in [0, 0.1) is 23.1 Å². The van der Waals surface area contributed by atoms with E-state index in [2.05, 4.69) is 20.3 Å². The smallest absolute Gasteiger partial charge is 0.344 e. The van der Waals surface area contributed by atoms with E-state index in [1.54, 1.807) is 18.2 Å². The molecule has 170 valence electrons. The van der Waals surface area contributed by atoms with Gasteiger partial charge in [-0.1, -0.05) is 22.7 Å². The molecule has 0 amide bonds. The summed E-state index contributed by atoms with van der Waals surface area (Å²) in [7, 11) is 0. The Balaban J connectivity index is 1.77. The van der Waals surface area contributed by atoms with Crippen LogP contribution in [0.15, 0.2) is 41.5 Å². The summed E-state index contributed by atoms with van der Waals surface area (Å²) in [5, 5.41) is 13.3. The van der Waals surface area contributed by atoms with Crippen molar-refractivity contribution >= 4 is 40.1 Å². The fourth-order valence-electron chi connectivity index (χ4n) is 3.92. The van der Waals surface area contributed by atoms with Gasteiger partial charge in [0, 0.05) is 6.07 Å². The molecule has 1 saturated carbocycles. The number of nitrogen functional groups attached to an aromatic ring is 2. The SMILES string of the molecule is N#Cc1c(N)nc(N)[nH+]c1NC(c1nc2cccc(Cl)c2c(=O)n1-c1cncc(F)c1)C1CC1. The molecule has 0 spiro atoms. The number of aromatic nitrogens is 5. The molecule has 3 aromatic heterocycles. The van der Waals surface area contributed by atoms with Crippen LogP contribution in [0.4, 0.5) is 22.0 Å². The summed E-state index contributed by atoms with van der Waals surface area (Å²) in [5.74, 6) is -0.0128. The van der Waals surface area contributed by atoms with Crippen LogP contribution in [-0.2, 0) is 0 Å². The van der Waals surface area contributed by atoms with E-state index in [-0.39, 0.29) is 45.2 Å². The Morgan fingerprint density at radius 2 is 2.09 bits per heavy atom. The van der Waals surface area contributed by atoms with Crippen molar-refractivity contribution in [1.29, 1.82) is 5.26 Å². The number of halogens is 2. The number of nitrogens with zero attached hydrogens (tertiary/aromatic N) is 5. The topological polar surface area (TPSA) is 163 Å². The van der Waals surface area contributed by atoms with Gasteiger partial charge in [-0.05, 0) is 30.9 Å². The number of hydrogen-bond acceptors (Lipinski definition) is 8. The standard InChI is InChI=1S/C22H17ClFN9O/c23-14-2-1-3-15-16(14)21(34)33(12-6-11(24)8-28-9-12)20(29-15)17(10-4-5-10)30-19-13(7-25)18(26)31-22(27)32-19/h1-3,6,8-10,17H,4-5H2,(H5,26,27,30,31,32)/p+1. The summed E-state index contributed by atoms with van der Waals surface area (Å²) < 4.78 is 15.4. The Bertz CT molecular complexity index is 1540.